The van der Waals surface area contributed by atoms with E-state index in [1.54, 1.807) is 25.7 Å². The van der Waals surface area contributed by atoms with Gasteiger partial charge in [0.1, 0.15) is 17.7 Å². The number of anilines is 1. The molecule has 0 bridgehead atoms. The molecule has 4 N–H and O–H groups in total. The van der Waals surface area contributed by atoms with Crippen molar-refractivity contribution in [3.05, 3.63) is 64.7 Å². The molecule has 3 rings (SSSR count). The molecule has 1 fully saturated rings. The lowest BCUT2D eigenvalue weighted by atomic mass is 9.96. The van der Waals surface area contributed by atoms with Gasteiger partial charge in [-0.05, 0) is 82.6 Å². The van der Waals surface area contributed by atoms with E-state index in [1.165, 1.54) is 0 Å². The number of primary amides is 1. The second-order valence-electron chi connectivity index (χ2n) is 11.7. The summed E-state index contributed by atoms with van der Waals surface area (Å²) in [5, 5.41) is 5.72. The SMILES string of the molecule is Cc1ccccc1C(C(=O)Nc1c(C)cccc1C)N(C(=O)C(CCC(N)=O)NC(=O)OC(C)(C)C)C1CC1C. The van der Waals surface area contributed by atoms with E-state index in [9.17, 15) is 19.2 Å². The third kappa shape index (κ3) is 7.83. The molecule has 9 nitrogen and oxygen atoms in total. The van der Waals surface area contributed by atoms with Gasteiger partial charge < -0.3 is 26.0 Å². The average molecular weight is 551 g/mol. The second kappa shape index (κ2) is 12.5. The van der Waals surface area contributed by atoms with Gasteiger partial charge in [-0.15, -0.1) is 0 Å². The van der Waals surface area contributed by atoms with Crippen LogP contribution in [-0.2, 0) is 19.1 Å². The first-order valence-electron chi connectivity index (χ1n) is 13.7. The largest absolute Gasteiger partial charge is 0.444 e. The molecule has 1 aliphatic rings. The van der Waals surface area contributed by atoms with Gasteiger partial charge in [-0.2, -0.15) is 0 Å². The first-order valence-corrected chi connectivity index (χ1v) is 13.7. The van der Waals surface area contributed by atoms with Gasteiger partial charge in [0, 0.05) is 18.2 Å². The Bertz CT molecular complexity index is 1250. The summed E-state index contributed by atoms with van der Waals surface area (Å²) in [6, 6.07) is 10.9. The molecule has 9 heteroatoms. The highest BCUT2D eigenvalue weighted by atomic mass is 16.6. The Hall–Kier alpha value is -3.88. The summed E-state index contributed by atoms with van der Waals surface area (Å²) >= 11 is 0. The van der Waals surface area contributed by atoms with Crippen molar-refractivity contribution in [3.63, 3.8) is 0 Å². The number of rotatable bonds is 10. The Morgan fingerprint density at radius 1 is 1.00 bits per heavy atom. The summed E-state index contributed by atoms with van der Waals surface area (Å²) in [7, 11) is 0. The number of amides is 4. The molecule has 1 aliphatic carbocycles. The minimum Gasteiger partial charge on any atom is -0.444 e. The molecule has 216 valence electrons. The van der Waals surface area contributed by atoms with Crippen LogP contribution in [0.5, 0.6) is 0 Å². The minimum atomic E-state index is -1.12. The number of aryl methyl sites for hydroxylation is 3. The van der Waals surface area contributed by atoms with Crippen molar-refractivity contribution in [2.75, 3.05) is 5.32 Å². The van der Waals surface area contributed by atoms with Crippen molar-refractivity contribution in [3.8, 4) is 0 Å². The smallest absolute Gasteiger partial charge is 0.408 e. The molecule has 40 heavy (non-hydrogen) atoms. The van der Waals surface area contributed by atoms with Crippen LogP contribution in [0.25, 0.3) is 0 Å². The summed E-state index contributed by atoms with van der Waals surface area (Å²) in [6.07, 6.45) is -0.222. The standard InChI is InChI=1S/C31H42N4O5/c1-18-11-8-9-14-22(18)27(28(37)34-26-19(2)12-10-13-20(26)3)35(24-17-21(24)4)29(38)23(15-16-25(32)36)33-30(39)40-31(5,6)7/h8-14,21,23-24,27H,15-17H2,1-7H3,(H2,32,36)(H,33,39)(H,34,37). The Morgan fingerprint density at radius 2 is 1.57 bits per heavy atom. The number of carbonyl (C=O) groups excluding carboxylic acids is 4. The maximum absolute atomic E-state index is 14.3. The minimum absolute atomic E-state index is 0.0238. The number of benzene rings is 2. The van der Waals surface area contributed by atoms with Gasteiger partial charge in [0.05, 0.1) is 0 Å². The molecule has 0 heterocycles. The van der Waals surface area contributed by atoms with Crippen LogP contribution >= 0.6 is 0 Å². The van der Waals surface area contributed by atoms with Crippen LogP contribution in [0, 0.1) is 26.7 Å². The van der Waals surface area contributed by atoms with E-state index < -0.39 is 35.6 Å². The highest BCUT2D eigenvalue weighted by Gasteiger charge is 2.48. The number of carbonyl (C=O) groups is 4. The van der Waals surface area contributed by atoms with Gasteiger partial charge in [-0.1, -0.05) is 49.4 Å². The van der Waals surface area contributed by atoms with Crippen LogP contribution in [0.3, 0.4) is 0 Å². The number of hydrogen-bond acceptors (Lipinski definition) is 5. The van der Waals surface area contributed by atoms with Crippen molar-refractivity contribution in [2.45, 2.75) is 91.5 Å². The maximum Gasteiger partial charge on any atom is 0.408 e. The second-order valence-corrected chi connectivity index (χ2v) is 11.7. The lowest BCUT2D eigenvalue weighted by Crippen LogP contribution is -2.53. The van der Waals surface area contributed by atoms with E-state index in [1.807, 2.05) is 70.2 Å². The fraction of sp³-hybridized carbons (Fsp3) is 0.484. The van der Waals surface area contributed by atoms with Gasteiger partial charge in [-0.25, -0.2) is 4.79 Å². The van der Waals surface area contributed by atoms with E-state index in [2.05, 4.69) is 10.6 Å². The Balaban J connectivity index is 2.07. The summed E-state index contributed by atoms with van der Waals surface area (Å²) in [6.45, 7) is 12.9. The summed E-state index contributed by atoms with van der Waals surface area (Å²) < 4.78 is 5.40. The Kier molecular flexibility index (Phi) is 9.60. The first-order chi connectivity index (χ1) is 18.7. The molecule has 4 unspecified atom stereocenters. The molecule has 4 amide bonds. The number of alkyl carbamates (subject to hydrolysis) is 1. The quantitative estimate of drug-likeness (QED) is 0.395. The number of para-hydroxylation sites is 1. The van der Waals surface area contributed by atoms with E-state index >= 15 is 0 Å². The average Bonchev–Trinajstić information content (AvgIpc) is 3.57. The normalized spacial score (nSPS) is 17.8. The zero-order chi connectivity index (χ0) is 29.8. The van der Waals surface area contributed by atoms with Gasteiger partial charge in [-0.3, -0.25) is 14.4 Å². The summed E-state index contributed by atoms with van der Waals surface area (Å²) in [4.78, 5) is 54.5. The van der Waals surface area contributed by atoms with Crippen LogP contribution in [-0.4, -0.2) is 46.4 Å². The van der Waals surface area contributed by atoms with Crippen molar-refractivity contribution in [1.82, 2.24) is 10.2 Å². The van der Waals surface area contributed by atoms with Gasteiger partial charge in [0.15, 0.2) is 0 Å². The van der Waals surface area contributed by atoms with Crippen LogP contribution in [0.2, 0.25) is 0 Å². The number of nitrogens with zero attached hydrogens (tertiary/aromatic N) is 1. The fourth-order valence-corrected chi connectivity index (χ4v) is 4.86. The molecule has 0 radical (unpaired) electrons. The van der Waals surface area contributed by atoms with E-state index in [-0.39, 0.29) is 30.7 Å². The van der Waals surface area contributed by atoms with Crippen LogP contribution in [0.15, 0.2) is 42.5 Å². The molecule has 1 saturated carbocycles. The number of nitrogens with two attached hydrogens (primary N) is 1. The van der Waals surface area contributed by atoms with Crippen LogP contribution in [0.1, 0.15) is 75.3 Å². The zero-order valence-electron chi connectivity index (χ0n) is 24.5. The lowest BCUT2D eigenvalue weighted by molar-refractivity contribution is -0.142. The van der Waals surface area contributed by atoms with Crippen LogP contribution < -0.4 is 16.4 Å². The summed E-state index contributed by atoms with van der Waals surface area (Å²) in [5.41, 5.74) is 8.65. The molecule has 0 aliphatic heterocycles. The predicted molar refractivity (Wildman–Crippen MR) is 154 cm³/mol. The highest BCUT2D eigenvalue weighted by Crippen LogP contribution is 2.42. The molecule has 0 spiro atoms. The third-order valence-corrected chi connectivity index (χ3v) is 7.09. The first kappa shape index (κ1) is 30.7. The molecule has 4 atom stereocenters. The van der Waals surface area contributed by atoms with Crippen molar-refractivity contribution < 1.29 is 23.9 Å². The number of ether oxygens (including phenoxy) is 1. The number of hydrogen-bond donors (Lipinski definition) is 3. The topological polar surface area (TPSA) is 131 Å². The highest BCUT2D eigenvalue weighted by molar-refractivity contribution is 6.00. The molecule has 2 aromatic rings. The predicted octanol–water partition coefficient (Wildman–Crippen LogP) is 4.69. The van der Waals surface area contributed by atoms with E-state index in [0.29, 0.717) is 17.7 Å². The molecule has 0 aromatic heterocycles. The molecule has 2 aromatic carbocycles. The monoisotopic (exact) mass is 550 g/mol. The van der Waals surface area contributed by atoms with Gasteiger partial charge in [0.2, 0.25) is 11.8 Å². The number of nitrogens with one attached hydrogen (secondary N) is 2. The van der Waals surface area contributed by atoms with Gasteiger partial charge in [0.25, 0.3) is 5.91 Å². The van der Waals surface area contributed by atoms with Gasteiger partial charge >= 0.3 is 6.09 Å². The zero-order valence-corrected chi connectivity index (χ0v) is 24.5. The molecular formula is C31H42N4O5. The lowest BCUT2D eigenvalue weighted by Gasteiger charge is -2.35. The fourth-order valence-electron chi connectivity index (χ4n) is 4.86. The van der Waals surface area contributed by atoms with E-state index in [0.717, 1.165) is 16.7 Å². The van der Waals surface area contributed by atoms with E-state index in [4.69, 9.17) is 10.5 Å². The van der Waals surface area contributed by atoms with Crippen molar-refractivity contribution in [2.24, 2.45) is 11.7 Å². The summed E-state index contributed by atoms with van der Waals surface area (Å²) in [5.74, 6) is -1.27. The van der Waals surface area contributed by atoms with Crippen molar-refractivity contribution >= 4 is 29.5 Å². The Labute approximate surface area is 236 Å². The Morgan fingerprint density at radius 3 is 2.10 bits per heavy atom. The third-order valence-electron chi connectivity index (χ3n) is 7.09. The molecular weight excluding hydrogens is 508 g/mol. The van der Waals surface area contributed by atoms with Crippen molar-refractivity contribution in [1.29, 1.82) is 0 Å². The maximum atomic E-state index is 14.3. The molecule has 0 saturated heterocycles. The van der Waals surface area contributed by atoms with Crippen LogP contribution in [0.4, 0.5) is 10.5 Å².